The number of hydrogen-bond donors (Lipinski definition) is 2. The topological polar surface area (TPSA) is 110 Å². The van der Waals surface area contributed by atoms with Crippen molar-refractivity contribution in [3.05, 3.63) is 119 Å². The van der Waals surface area contributed by atoms with Gasteiger partial charge in [-0.1, -0.05) is 47.5 Å². The van der Waals surface area contributed by atoms with E-state index in [1.807, 2.05) is 95.3 Å². The van der Waals surface area contributed by atoms with E-state index >= 15 is 0 Å². The van der Waals surface area contributed by atoms with Gasteiger partial charge in [0.2, 0.25) is 0 Å². The third-order valence-electron chi connectivity index (χ3n) is 6.88. The van der Waals surface area contributed by atoms with Crippen LogP contribution in [0.2, 0.25) is 10.0 Å². The highest BCUT2D eigenvalue weighted by Gasteiger charge is 2.18. The smallest absolute Gasteiger partial charge is 0.270 e. The SMILES string of the molecule is CC(C)(C)NC(=O)c1ccc2cncc(-c3ccc(Cl)cc3)c2n1.CC(C)NC(=O)c1ccc2cncc(-c3ccc(Cl)cc3)c2n1. The highest BCUT2D eigenvalue weighted by molar-refractivity contribution is 6.31. The van der Waals surface area contributed by atoms with Crippen LogP contribution in [0.3, 0.4) is 0 Å². The van der Waals surface area contributed by atoms with E-state index in [0.717, 1.165) is 44.1 Å². The quantitative estimate of drug-likeness (QED) is 0.191. The van der Waals surface area contributed by atoms with Gasteiger partial charge in [-0.2, -0.15) is 0 Å². The normalized spacial score (nSPS) is 11.2. The molecule has 6 aromatic rings. The highest BCUT2D eigenvalue weighted by Crippen LogP contribution is 2.29. The molecule has 10 heteroatoms. The van der Waals surface area contributed by atoms with Crippen molar-refractivity contribution in [2.75, 3.05) is 0 Å². The Morgan fingerprint density at radius 1 is 0.617 bits per heavy atom. The maximum absolute atomic E-state index is 12.4. The van der Waals surface area contributed by atoms with Gasteiger partial charge in [-0.05, 0) is 94.3 Å². The summed E-state index contributed by atoms with van der Waals surface area (Å²) in [6.07, 6.45) is 6.99. The molecule has 4 heterocycles. The largest absolute Gasteiger partial charge is 0.349 e. The van der Waals surface area contributed by atoms with Gasteiger partial charge in [-0.15, -0.1) is 0 Å². The maximum Gasteiger partial charge on any atom is 0.270 e. The summed E-state index contributed by atoms with van der Waals surface area (Å²) < 4.78 is 0. The number of carbonyl (C=O) groups excluding carboxylic acids is 2. The number of nitrogens with zero attached hydrogens (tertiary/aromatic N) is 4. The Balaban J connectivity index is 0.000000185. The molecule has 0 saturated carbocycles. The maximum atomic E-state index is 12.4. The summed E-state index contributed by atoms with van der Waals surface area (Å²) in [6.45, 7) is 9.66. The van der Waals surface area contributed by atoms with Gasteiger partial charge in [0.15, 0.2) is 0 Å². The van der Waals surface area contributed by atoms with Crippen molar-refractivity contribution in [2.45, 2.75) is 46.2 Å². The standard InChI is InChI=1S/C19H18ClN3O.C18H16ClN3O/c1-19(2,3)23-18(24)16-9-6-13-10-21-11-15(17(13)22-16)12-4-7-14(20)8-5-12;1-11(2)21-18(23)16-8-5-13-9-20-10-15(17(13)22-16)12-3-6-14(19)7-4-12/h4-11H,1-3H3,(H,23,24);3-11H,1-2H3,(H,21,23). The van der Waals surface area contributed by atoms with Crippen LogP contribution in [0.1, 0.15) is 55.6 Å². The zero-order valence-corrected chi connectivity index (χ0v) is 28.2. The molecule has 2 aromatic carbocycles. The predicted molar refractivity (Wildman–Crippen MR) is 190 cm³/mol. The number of fused-ring (bicyclic) bond motifs is 2. The fourth-order valence-electron chi connectivity index (χ4n) is 4.76. The van der Waals surface area contributed by atoms with E-state index in [4.69, 9.17) is 23.2 Å². The molecule has 0 spiro atoms. The van der Waals surface area contributed by atoms with Crippen molar-refractivity contribution < 1.29 is 9.59 Å². The number of pyridine rings is 4. The first-order valence-electron chi connectivity index (χ1n) is 15.0. The van der Waals surface area contributed by atoms with Gasteiger partial charge in [0.05, 0.1) is 11.0 Å². The summed E-state index contributed by atoms with van der Waals surface area (Å²) in [4.78, 5) is 42.2. The molecule has 2 amide bonds. The van der Waals surface area contributed by atoms with Gasteiger partial charge in [0.1, 0.15) is 11.4 Å². The Kier molecular flexibility index (Phi) is 10.1. The molecule has 238 valence electrons. The molecular weight excluding hydrogens is 631 g/mol. The van der Waals surface area contributed by atoms with Crippen LogP contribution in [0, 0.1) is 0 Å². The Hall–Kier alpha value is -4.92. The minimum atomic E-state index is -0.315. The van der Waals surface area contributed by atoms with Crippen LogP contribution in [-0.2, 0) is 0 Å². The lowest BCUT2D eigenvalue weighted by Gasteiger charge is -2.20. The van der Waals surface area contributed by atoms with E-state index in [-0.39, 0.29) is 23.4 Å². The number of benzene rings is 2. The van der Waals surface area contributed by atoms with E-state index in [9.17, 15) is 9.59 Å². The van der Waals surface area contributed by atoms with Crippen molar-refractivity contribution in [3.8, 4) is 22.3 Å². The first-order chi connectivity index (χ1) is 22.4. The highest BCUT2D eigenvalue weighted by atomic mass is 35.5. The lowest BCUT2D eigenvalue weighted by Crippen LogP contribution is -2.40. The van der Waals surface area contributed by atoms with Crippen molar-refractivity contribution in [3.63, 3.8) is 0 Å². The van der Waals surface area contributed by atoms with Crippen molar-refractivity contribution in [1.29, 1.82) is 0 Å². The number of carbonyl (C=O) groups is 2. The van der Waals surface area contributed by atoms with Gasteiger partial charge < -0.3 is 10.6 Å². The molecule has 8 nitrogen and oxygen atoms in total. The van der Waals surface area contributed by atoms with Crippen LogP contribution < -0.4 is 10.6 Å². The van der Waals surface area contributed by atoms with E-state index < -0.39 is 0 Å². The van der Waals surface area contributed by atoms with E-state index in [0.29, 0.717) is 21.4 Å². The Morgan fingerprint density at radius 3 is 1.45 bits per heavy atom. The summed E-state index contributed by atoms with van der Waals surface area (Å²) in [7, 11) is 0. The van der Waals surface area contributed by atoms with Gasteiger partial charge in [-0.25, -0.2) is 9.97 Å². The van der Waals surface area contributed by atoms with Crippen LogP contribution in [-0.4, -0.2) is 43.3 Å². The minimum Gasteiger partial charge on any atom is -0.349 e. The fourth-order valence-corrected chi connectivity index (χ4v) is 5.01. The summed E-state index contributed by atoms with van der Waals surface area (Å²) in [5.74, 6) is -0.371. The molecule has 4 aromatic heterocycles. The number of hydrogen-bond acceptors (Lipinski definition) is 6. The van der Waals surface area contributed by atoms with E-state index in [1.165, 1.54) is 0 Å². The summed E-state index contributed by atoms with van der Waals surface area (Å²) in [5.41, 5.74) is 5.62. The second-order valence-corrected chi connectivity index (χ2v) is 13.1. The Bertz CT molecular complexity index is 2060. The van der Waals surface area contributed by atoms with Crippen LogP contribution >= 0.6 is 23.2 Å². The molecule has 0 aliphatic carbocycles. The second-order valence-electron chi connectivity index (χ2n) is 12.3. The van der Waals surface area contributed by atoms with E-state index in [1.54, 1.807) is 36.9 Å². The second kappa shape index (κ2) is 14.2. The monoisotopic (exact) mass is 664 g/mol. The van der Waals surface area contributed by atoms with Crippen molar-refractivity contribution in [2.24, 2.45) is 0 Å². The Morgan fingerprint density at radius 2 is 1.04 bits per heavy atom. The predicted octanol–water partition coefficient (Wildman–Crippen LogP) is 8.57. The lowest BCUT2D eigenvalue weighted by molar-refractivity contribution is 0.0912. The minimum absolute atomic E-state index is 0.0631. The number of amides is 2. The fraction of sp³-hybridized carbons (Fsp3) is 0.189. The summed E-state index contributed by atoms with van der Waals surface area (Å²) in [6, 6.07) is 22.2. The van der Waals surface area contributed by atoms with Gasteiger partial charge >= 0.3 is 0 Å². The zero-order valence-electron chi connectivity index (χ0n) is 26.7. The molecule has 0 radical (unpaired) electrons. The molecule has 0 atom stereocenters. The molecule has 0 bridgehead atoms. The van der Waals surface area contributed by atoms with Crippen LogP contribution in [0.4, 0.5) is 0 Å². The molecule has 6 rings (SSSR count). The van der Waals surface area contributed by atoms with Crippen molar-refractivity contribution >= 4 is 56.8 Å². The number of nitrogens with one attached hydrogen (secondary N) is 2. The van der Waals surface area contributed by atoms with Gasteiger partial charge in [-0.3, -0.25) is 19.6 Å². The summed E-state index contributed by atoms with van der Waals surface area (Å²) >= 11 is 11.9. The molecule has 0 aliphatic rings. The third-order valence-corrected chi connectivity index (χ3v) is 7.39. The first kappa shape index (κ1) is 33.4. The molecule has 0 aliphatic heterocycles. The average Bonchev–Trinajstić information content (AvgIpc) is 3.04. The summed E-state index contributed by atoms with van der Waals surface area (Å²) in [5, 5.41) is 8.90. The average molecular weight is 666 g/mol. The van der Waals surface area contributed by atoms with Crippen molar-refractivity contribution in [1.82, 2.24) is 30.6 Å². The zero-order chi connectivity index (χ0) is 33.7. The third kappa shape index (κ3) is 8.47. The number of halogens is 2. The molecule has 47 heavy (non-hydrogen) atoms. The van der Waals surface area contributed by atoms with Crippen LogP contribution in [0.15, 0.2) is 97.6 Å². The molecular formula is C37H34Cl2N6O2. The van der Waals surface area contributed by atoms with Gasteiger partial charge in [0, 0.05) is 68.3 Å². The van der Waals surface area contributed by atoms with Gasteiger partial charge in [0.25, 0.3) is 11.8 Å². The Labute approximate surface area is 283 Å². The van der Waals surface area contributed by atoms with Crippen LogP contribution in [0.5, 0.6) is 0 Å². The number of aromatic nitrogens is 4. The number of rotatable bonds is 5. The molecule has 2 N–H and O–H groups in total. The molecule has 0 unspecified atom stereocenters. The molecule has 0 fully saturated rings. The first-order valence-corrected chi connectivity index (χ1v) is 15.8. The molecule has 0 saturated heterocycles. The lowest BCUT2D eigenvalue weighted by atomic mass is 10.0. The van der Waals surface area contributed by atoms with Crippen LogP contribution in [0.25, 0.3) is 44.1 Å². The van der Waals surface area contributed by atoms with E-state index in [2.05, 4.69) is 30.6 Å².